The first-order valence-corrected chi connectivity index (χ1v) is 11.5. The molecule has 0 radical (unpaired) electrons. The Bertz CT molecular complexity index is 931. The Morgan fingerprint density at radius 2 is 2.00 bits per heavy atom. The standard InChI is InChI=1S/C25H32N2O6/c1-18-8-3-6-13-32-25(31)24-19(15-21(28)16-22(24)29)14-20(10-7-9-18)26-33-17-23(30)27-11-4-2-5-12-27/h3,7-8,10,15-16,18,28-29H,2,4-6,9,11-14,17H2,1H3/b8-3?,10-7+,26-20+. The van der Waals surface area contributed by atoms with E-state index in [0.717, 1.165) is 44.8 Å². The van der Waals surface area contributed by atoms with Gasteiger partial charge in [0.2, 0.25) is 0 Å². The van der Waals surface area contributed by atoms with Gasteiger partial charge in [-0.15, -0.1) is 0 Å². The van der Waals surface area contributed by atoms with Gasteiger partial charge in [-0.3, -0.25) is 4.79 Å². The van der Waals surface area contributed by atoms with Gasteiger partial charge < -0.3 is 24.7 Å². The van der Waals surface area contributed by atoms with Crippen molar-refractivity contribution in [2.24, 2.45) is 11.1 Å². The fourth-order valence-electron chi connectivity index (χ4n) is 3.88. The van der Waals surface area contributed by atoms with E-state index >= 15 is 0 Å². The predicted octanol–water partition coefficient (Wildman–Crippen LogP) is 3.72. The summed E-state index contributed by atoms with van der Waals surface area (Å²) in [4.78, 5) is 32.2. The summed E-state index contributed by atoms with van der Waals surface area (Å²) in [6.45, 7) is 3.56. The number of cyclic esters (lactones) is 1. The molecule has 2 N–H and O–H groups in total. The topological polar surface area (TPSA) is 109 Å². The molecule has 1 saturated heterocycles. The van der Waals surface area contributed by atoms with Gasteiger partial charge in [0, 0.05) is 25.6 Å². The normalized spacial score (nSPS) is 22.2. The first-order chi connectivity index (χ1) is 15.9. The fourth-order valence-corrected chi connectivity index (χ4v) is 3.88. The summed E-state index contributed by atoms with van der Waals surface area (Å²) >= 11 is 0. The number of oxime groups is 1. The van der Waals surface area contributed by atoms with Crippen LogP contribution in [0.15, 0.2) is 41.6 Å². The highest BCUT2D eigenvalue weighted by atomic mass is 16.6. The van der Waals surface area contributed by atoms with Gasteiger partial charge in [0.05, 0.1) is 12.3 Å². The molecule has 8 heteroatoms. The highest BCUT2D eigenvalue weighted by molar-refractivity contribution is 6.00. The summed E-state index contributed by atoms with van der Waals surface area (Å²) in [5.41, 5.74) is 0.786. The van der Waals surface area contributed by atoms with Crippen molar-refractivity contribution in [3.63, 3.8) is 0 Å². The van der Waals surface area contributed by atoms with Crippen molar-refractivity contribution in [2.75, 3.05) is 26.3 Å². The Morgan fingerprint density at radius 1 is 1.21 bits per heavy atom. The summed E-state index contributed by atoms with van der Waals surface area (Å²) in [5.74, 6) is -1.05. The van der Waals surface area contributed by atoms with E-state index in [9.17, 15) is 19.8 Å². The SMILES string of the molecule is CC1C=CCCOC(=O)c2c(O)cc(O)cc2CC(=N/OCC(=O)N2CCCCC2)/C=C/C1. The number of carbonyl (C=O) groups excluding carboxylic acids is 2. The van der Waals surface area contributed by atoms with E-state index in [1.165, 1.54) is 6.07 Å². The van der Waals surface area contributed by atoms with Gasteiger partial charge in [-0.2, -0.15) is 0 Å². The maximum atomic E-state index is 12.6. The predicted molar refractivity (Wildman–Crippen MR) is 124 cm³/mol. The molecule has 0 aromatic heterocycles. The van der Waals surface area contributed by atoms with E-state index in [-0.39, 0.29) is 48.5 Å². The molecule has 1 unspecified atom stereocenters. The smallest absolute Gasteiger partial charge is 0.342 e. The third-order valence-electron chi connectivity index (χ3n) is 5.64. The quantitative estimate of drug-likeness (QED) is 0.408. The average Bonchev–Trinajstić information content (AvgIpc) is 2.78. The van der Waals surface area contributed by atoms with Crippen LogP contribution in [0, 0.1) is 5.92 Å². The molecule has 33 heavy (non-hydrogen) atoms. The van der Waals surface area contributed by atoms with Crippen LogP contribution in [-0.4, -0.2) is 59.0 Å². The van der Waals surface area contributed by atoms with E-state index in [1.54, 1.807) is 11.0 Å². The molecule has 3 rings (SSSR count). The molecule has 2 heterocycles. The Morgan fingerprint density at radius 3 is 2.79 bits per heavy atom. The molecule has 1 fully saturated rings. The zero-order chi connectivity index (χ0) is 23.6. The van der Waals surface area contributed by atoms with Gasteiger partial charge in [0.1, 0.15) is 17.1 Å². The number of amides is 1. The minimum absolute atomic E-state index is 0.0206. The largest absolute Gasteiger partial charge is 0.508 e. The number of esters is 1. The van der Waals surface area contributed by atoms with E-state index in [4.69, 9.17) is 9.57 Å². The van der Waals surface area contributed by atoms with Crippen LogP contribution in [0.25, 0.3) is 0 Å². The van der Waals surface area contributed by atoms with Gasteiger partial charge in [-0.1, -0.05) is 30.3 Å². The number of aromatic hydroxyl groups is 2. The highest BCUT2D eigenvalue weighted by Gasteiger charge is 2.21. The lowest BCUT2D eigenvalue weighted by Gasteiger charge is -2.26. The van der Waals surface area contributed by atoms with Gasteiger partial charge in [-0.25, -0.2) is 4.79 Å². The van der Waals surface area contributed by atoms with E-state index < -0.39 is 5.97 Å². The molecule has 0 aliphatic carbocycles. The lowest BCUT2D eigenvalue weighted by molar-refractivity contribution is -0.137. The Hall–Kier alpha value is -3.29. The third-order valence-corrected chi connectivity index (χ3v) is 5.64. The number of ether oxygens (including phenoxy) is 1. The first kappa shape index (κ1) is 24.4. The third kappa shape index (κ3) is 7.37. The number of piperidine rings is 1. The summed E-state index contributed by atoms with van der Waals surface area (Å²) < 4.78 is 5.31. The van der Waals surface area contributed by atoms with Crippen LogP contribution in [0.1, 0.15) is 54.9 Å². The number of rotatable bonds is 3. The number of fused-ring (bicyclic) bond motifs is 1. The maximum absolute atomic E-state index is 12.6. The zero-order valence-corrected chi connectivity index (χ0v) is 19.0. The molecule has 178 valence electrons. The molecule has 0 spiro atoms. The Balaban J connectivity index is 1.83. The molecular formula is C25H32N2O6. The summed E-state index contributed by atoms with van der Waals surface area (Å²) in [5, 5.41) is 24.4. The number of benzene rings is 1. The van der Waals surface area contributed by atoms with Gasteiger partial charge in [0.25, 0.3) is 5.91 Å². The van der Waals surface area contributed by atoms with Crippen LogP contribution in [0.5, 0.6) is 11.5 Å². The van der Waals surface area contributed by atoms with Crippen LogP contribution in [-0.2, 0) is 20.8 Å². The number of hydrogen-bond acceptors (Lipinski definition) is 7. The minimum atomic E-state index is -0.675. The molecular weight excluding hydrogens is 424 g/mol. The number of phenols is 2. The molecule has 8 nitrogen and oxygen atoms in total. The molecule has 1 amide bonds. The number of carbonyl (C=O) groups is 2. The van der Waals surface area contributed by atoms with Crippen molar-refractivity contribution in [3.05, 3.63) is 47.6 Å². The first-order valence-electron chi connectivity index (χ1n) is 11.5. The van der Waals surface area contributed by atoms with Gasteiger partial charge >= 0.3 is 5.97 Å². The summed E-state index contributed by atoms with van der Waals surface area (Å²) in [7, 11) is 0. The minimum Gasteiger partial charge on any atom is -0.508 e. The van der Waals surface area contributed by atoms with Gasteiger partial charge in [-0.05, 0) is 55.7 Å². The van der Waals surface area contributed by atoms with Crippen LogP contribution >= 0.6 is 0 Å². The Labute approximate surface area is 194 Å². The van der Waals surface area contributed by atoms with E-state index in [2.05, 4.69) is 18.2 Å². The highest BCUT2D eigenvalue weighted by Crippen LogP contribution is 2.29. The lowest BCUT2D eigenvalue weighted by atomic mass is 9.99. The van der Waals surface area contributed by atoms with Crippen molar-refractivity contribution >= 4 is 17.6 Å². The number of phenolic OH excluding ortho intramolecular Hbond substituents is 2. The van der Waals surface area contributed by atoms with Crippen molar-refractivity contribution in [3.8, 4) is 11.5 Å². The Kier molecular flexibility index (Phi) is 8.92. The van der Waals surface area contributed by atoms with Crippen molar-refractivity contribution in [2.45, 2.75) is 45.4 Å². The van der Waals surface area contributed by atoms with Crippen LogP contribution in [0.3, 0.4) is 0 Å². The lowest BCUT2D eigenvalue weighted by Crippen LogP contribution is -2.37. The van der Waals surface area contributed by atoms with Crippen LogP contribution in [0.2, 0.25) is 0 Å². The molecule has 1 aromatic carbocycles. The zero-order valence-electron chi connectivity index (χ0n) is 19.0. The van der Waals surface area contributed by atoms with E-state index in [1.807, 2.05) is 12.2 Å². The van der Waals surface area contributed by atoms with Gasteiger partial charge in [0.15, 0.2) is 6.61 Å². The monoisotopic (exact) mass is 456 g/mol. The number of likely N-dealkylation sites (tertiary alicyclic amines) is 1. The van der Waals surface area contributed by atoms with Crippen LogP contribution in [0.4, 0.5) is 0 Å². The second-order valence-corrected chi connectivity index (χ2v) is 8.44. The van der Waals surface area contributed by atoms with Crippen molar-refractivity contribution < 1.29 is 29.4 Å². The van der Waals surface area contributed by atoms with E-state index in [0.29, 0.717) is 17.7 Å². The maximum Gasteiger partial charge on any atom is 0.342 e. The number of allylic oxidation sites excluding steroid dienone is 3. The van der Waals surface area contributed by atoms with Crippen LogP contribution < -0.4 is 0 Å². The van der Waals surface area contributed by atoms with Crippen molar-refractivity contribution in [1.82, 2.24) is 4.90 Å². The number of nitrogens with zero attached hydrogens (tertiary/aromatic N) is 2. The number of hydrogen-bond donors (Lipinski definition) is 2. The second kappa shape index (κ2) is 12.1. The summed E-state index contributed by atoms with van der Waals surface area (Å²) in [6.07, 6.45) is 12.3. The fraction of sp³-hybridized carbons (Fsp3) is 0.480. The average molecular weight is 457 g/mol. The molecule has 2 aliphatic heterocycles. The van der Waals surface area contributed by atoms with Crippen molar-refractivity contribution in [1.29, 1.82) is 0 Å². The second-order valence-electron chi connectivity index (χ2n) is 8.44. The molecule has 0 bridgehead atoms. The summed E-state index contributed by atoms with van der Waals surface area (Å²) in [6, 6.07) is 2.50. The molecule has 1 aromatic rings. The molecule has 1 atom stereocenters. The molecule has 0 saturated carbocycles. The molecule has 2 aliphatic rings.